The van der Waals surface area contributed by atoms with E-state index in [1.54, 1.807) is 0 Å². The maximum atomic E-state index is 11.6. The molecule has 1 fully saturated rings. The van der Waals surface area contributed by atoms with Crippen molar-refractivity contribution in [1.29, 1.82) is 0 Å². The lowest BCUT2D eigenvalue weighted by atomic mass is 10.1. The summed E-state index contributed by atoms with van der Waals surface area (Å²) < 4.78 is 0. The third kappa shape index (κ3) is 2.41. The number of aromatic amines is 1. The lowest BCUT2D eigenvalue weighted by Crippen LogP contribution is -2.45. The van der Waals surface area contributed by atoms with Crippen LogP contribution in [0.3, 0.4) is 0 Å². The van der Waals surface area contributed by atoms with Crippen LogP contribution in [0.2, 0.25) is 0 Å². The van der Waals surface area contributed by atoms with Crippen LogP contribution in [0.4, 0.5) is 0 Å². The molecule has 0 bridgehead atoms. The van der Waals surface area contributed by atoms with E-state index in [1.807, 2.05) is 14.1 Å². The number of aromatic carboxylic acids is 1. The van der Waals surface area contributed by atoms with Crippen molar-refractivity contribution in [2.24, 2.45) is 0 Å². The van der Waals surface area contributed by atoms with Gasteiger partial charge in [-0.1, -0.05) is 0 Å². The molecular weight excluding hydrogens is 236 g/mol. The molecule has 0 spiro atoms. The van der Waals surface area contributed by atoms with E-state index in [0.29, 0.717) is 5.82 Å². The van der Waals surface area contributed by atoms with Crippen LogP contribution in [-0.4, -0.2) is 64.6 Å². The fourth-order valence-corrected chi connectivity index (χ4v) is 2.04. The van der Waals surface area contributed by atoms with Crippen molar-refractivity contribution >= 4 is 5.97 Å². The minimum absolute atomic E-state index is 0.0145. The molecule has 1 atom stereocenters. The van der Waals surface area contributed by atoms with Crippen LogP contribution < -0.4 is 5.56 Å². The van der Waals surface area contributed by atoms with Crippen LogP contribution in [0.25, 0.3) is 0 Å². The number of rotatable bonds is 2. The van der Waals surface area contributed by atoms with Gasteiger partial charge in [0.2, 0.25) is 0 Å². The van der Waals surface area contributed by atoms with Crippen molar-refractivity contribution in [1.82, 2.24) is 19.8 Å². The predicted octanol–water partition coefficient (Wildman–Crippen LogP) is -0.614. The predicted molar refractivity (Wildman–Crippen MR) is 64.7 cm³/mol. The SMILES string of the molecule is CN1CCN(C)C(c2ncc(C(=O)O)c(=O)[nH]2)C1. The largest absolute Gasteiger partial charge is 0.477 e. The number of carboxylic acids is 1. The first-order valence-electron chi connectivity index (χ1n) is 5.70. The van der Waals surface area contributed by atoms with Crippen molar-refractivity contribution in [2.45, 2.75) is 6.04 Å². The summed E-state index contributed by atoms with van der Waals surface area (Å²) in [5.74, 6) is -0.747. The second-order valence-electron chi connectivity index (χ2n) is 4.58. The zero-order chi connectivity index (χ0) is 13.3. The molecule has 2 N–H and O–H groups in total. The Morgan fingerprint density at radius 2 is 2.22 bits per heavy atom. The summed E-state index contributed by atoms with van der Waals surface area (Å²) in [4.78, 5) is 33.2. The summed E-state index contributed by atoms with van der Waals surface area (Å²) in [5.41, 5.74) is -0.931. The zero-order valence-electron chi connectivity index (χ0n) is 10.4. The summed E-state index contributed by atoms with van der Waals surface area (Å²) in [6, 6.07) is -0.0145. The highest BCUT2D eigenvalue weighted by atomic mass is 16.4. The maximum absolute atomic E-state index is 11.6. The minimum atomic E-state index is -1.26. The second-order valence-corrected chi connectivity index (χ2v) is 4.58. The smallest absolute Gasteiger partial charge is 0.342 e. The maximum Gasteiger partial charge on any atom is 0.342 e. The molecule has 98 valence electrons. The molecule has 0 aliphatic carbocycles. The fourth-order valence-electron chi connectivity index (χ4n) is 2.04. The Kier molecular flexibility index (Phi) is 3.44. The number of piperazine rings is 1. The number of aromatic nitrogens is 2. The normalized spacial score (nSPS) is 22.0. The van der Waals surface area contributed by atoms with E-state index in [2.05, 4.69) is 19.8 Å². The first kappa shape index (κ1) is 12.7. The third-order valence-electron chi connectivity index (χ3n) is 3.22. The van der Waals surface area contributed by atoms with E-state index in [1.165, 1.54) is 0 Å². The lowest BCUT2D eigenvalue weighted by Gasteiger charge is -2.36. The van der Waals surface area contributed by atoms with Gasteiger partial charge >= 0.3 is 5.97 Å². The highest BCUT2D eigenvalue weighted by Gasteiger charge is 2.26. The van der Waals surface area contributed by atoms with Gasteiger partial charge in [-0.05, 0) is 14.1 Å². The fraction of sp³-hybridized carbons (Fsp3) is 0.545. The van der Waals surface area contributed by atoms with Crippen molar-refractivity contribution in [2.75, 3.05) is 33.7 Å². The molecule has 0 amide bonds. The molecule has 0 aromatic carbocycles. The summed E-state index contributed by atoms with van der Waals surface area (Å²) in [7, 11) is 3.96. The van der Waals surface area contributed by atoms with Crippen molar-refractivity contribution in [3.8, 4) is 0 Å². The van der Waals surface area contributed by atoms with E-state index in [9.17, 15) is 9.59 Å². The number of hydrogen-bond donors (Lipinski definition) is 2. The highest BCUT2D eigenvalue weighted by molar-refractivity contribution is 5.86. The van der Waals surface area contributed by atoms with E-state index in [4.69, 9.17) is 5.11 Å². The van der Waals surface area contributed by atoms with Gasteiger partial charge in [0.15, 0.2) is 0 Å². The molecule has 7 heteroatoms. The third-order valence-corrected chi connectivity index (χ3v) is 3.22. The number of carbonyl (C=O) groups is 1. The monoisotopic (exact) mass is 252 g/mol. The van der Waals surface area contributed by atoms with Gasteiger partial charge in [0.1, 0.15) is 11.4 Å². The first-order valence-corrected chi connectivity index (χ1v) is 5.70. The van der Waals surface area contributed by atoms with Crippen LogP contribution in [0.15, 0.2) is 11.0 Å². The molecule has 1 saturated heterocycles. The van der Waals surface area contributed by atoms with E-state index in [0.717, 1.165) is 25.8 Å². The van der Waals surface area contributed by atoms with Crippen LogP contribution in [0.1, 0.15) is 22.2 Å². The summed E-state index contributed by atoms with van der Waals surface area (Å²) in [5, 5.41) is 8.78. The Balaban J connectivity index is 2.31. The van der Waals surface area contributed by atoms with Crippen LogP contribution in [0.5, 0.6) is 0 Å². The Morgan fingerprint density at radius 3 is 2.83 bits per heavy atom. The molecule has 7 nitrogen and oxygen atoms in total. The van der Waals surface area contributed by atoms with E-state index in [-0.39, 0.29) is 11.6 Å². The molecule has 1 aromatic heterocycles. The average Bonchev–Trinajstić information content (AvgIpc) is 2.31. The van der Waals surface area contributed by atoms with Gasteiger partial charge in [0.05, 0.1) is 6.04 Å². The molecule has 1 aliphatic rings. The van der Waals surface area contributed by atoms with Gasteiger partial charge in [-0.2, -0.15) is 0 Å². The molecular formula is C11H16N4O3. The van der Waals surface area contributed by atoms with Crippen molar-refractivity contribution in [3.63, 3.8) is 0 Å². The number of H-pyrrole nitrogens is 1. The molecule has 0 radical (unpaired) electrons. The summed E-state index contributed by atoms with van der Waals surface area (Å²) in [6.45, 7) is 2.60. The lowest BCUT2D eigenvalue weighted by molar-refractivity contribution is 0.0693. The topological polar surface area (TPSA) is 89.5 Å². The van der Waals surface area contributed by atoms with Crippen LogP contribution in [0, 0.1) is 0 Å². The molecule has 1 aromatic rings. The Hall–Kier alpha value is -1.73. The molecule has 1 unspecified atom stereocenters. The first-order chi connectivity index (χ1) is 8.49. The second kappa shape index (κ2) is 4.87. The van der Waals surface area contributed by atoms with Gasteiger partial charge in [-0.3, -0.25) is 9.69 Å². The van der Waals surface area contributed by atoms with Gasteiger partial charge in [0, 0.05) is 25.8 Å². The van der Waals surface area contributed by atoms with Gasteiger partial charge in [0.25, 0.3) is 5.56 Å². The quantitative estimate of drug-likeness (QED) is 0.729. The number of nitrogens with one attached hydrogen (secondary N) is 1. The Labute approximate surface area is 104 Å². The van der Waals surface area contributed by atoms with E-state index >= 15 is 0 Å². The van der Waals surface area contributed by atoms with Gasteiger partial charge < -0.3 is 15.0 Å². The van der Waals surface area contributed by atoms with E-state index < -0.39 is 11.5 Å². The summed E-state index contributed by atoms with van der Waals surface area (Å²) in [6.07, 6.45) is 1.12. The molecule has 18 heavy (non-hydrogen) atoms. The van der Waals surface area contributed by atoms with Crippen molar-refractivity contribution in [3.05, 3.63) is 27.9 Å². The minimum Gasteiger partial charge on any atom is -0.477 e. The Bertz CT molecular complexity index is 513. The Morgan fingerprint density at radius 1 is 1.50 bits per heavy atom. The average molecular weight is 252 g/mol. The van der Waals surface area contributed by atoms with Gasteiger partial charge in [-0.15, -0.1) is 0 Å². The van der Waals surface area contributed by atoms with Crippen molar-refractivity contribution < 1.29 is 9.90 Å². The molecule has 0 saturated carbocycles. The highest BCUT2D eigenvalue weighted by Crippen LogP contribution is 2.19. The molecule has 2 heterocycles. The van der Waals surface area contributed by atoms with Crippen LogP contribution >= 0.6 is 0 Å². The number of carboxylic acid groups (broad SMARTS) is 1. The number of likely N-dealkylation sites (N-methyl/N-ethyl adjacent to an activating group) is 2. The van der Waals surface area contributed by atoms with Crippen LogP contribution in [-0.2, 0) is 0 Å². The van der Waals surface area contributed by atoms with Gasteiger partial charge in [-0.25, -0.2) is 9.78 Å². The molecule has 2 rings (SSSR count). The summed E-state index contributed by atoms with van der Waals surface area (Å²) >= 11 is 0. The number of nitrogens with zero attached hydrogens (tertiary/aromatic N) is 3. The standard InChI is InChI=1S/C11H16N4O3/c1-14-3-4-15(2)8(6-14)9-12-5-7(11(17)18)10(16)13-9/h5,8H,3-4,6H2,1-2H3,(H,17,18)(H,12,13,16). The number of hydrogen-bond acceptors (Lipinski definition) is 5. The molecule has 1 aliphatic heterocycles. The zero-order valence-corrected chi connectivity index (χ0v) is 10.4.